The summed E-state index contributed by atoms with van der Waals surface area (Å²) in [6.07, 6.45) is 3.11. The van der Waals surface area contributed by atoms with Gasteiger partial charge >= 0.3 is 5.97 Å². The third-order valence-electron chi connectivity index (χ3n) is 2.59. The van der Waals surface area contributed by atoms with E-state index < -0.39 is 8.87 Å². The molecule has 0 N–H and O–H groups in total. The van der Waals surface area contributed by atoms with Crippen molar-refractivity contribution in [3.8, 4) is 0 Å². The van der Waals surface area contributed by atoms with Gasteiger partial charge in [-0.3, -0.25) is 4.79 Å². The molecule has 7 heteroatoms. The Balaban J connectivity index is 2.10. The first kappa shape index (κ1) is 14.8. The summed E-state index contributed by atoms with van der Waals surface area (Å²) in [5.41, 5.74) is 0. The fourth-order valence-corrected chi connectivity index (χ4v) is 5.62. The third-order valence-corrected chi connectivity index (χ3v) is 6.91. The Bertz CT molecular complexity index is 339. The normalized spacial score (nSPS) is 22.5. The summed E-state index contributed by atoms with van der Waals surface area (Å²) in [6, 6.07) is 0. The summed E-state index contributed by atoms with van der Waals surface area (Å²) >= 11 is 0. The van der Waals surface area contributed by atoms with Crippen molar-refractivity contribution >= 4 is 25.6 Å². The largest absolute Gasteiger partial charge is 0.438 e. The van der Waals surface area contributed by atoms with Crippen LogP contribution in [-0.2, 0) is 23.1 Å². The zero-order valence-electron chi connectivity index (χ0n) is 9.88. The van der Waals surface area contributed by atoms with Gasteiger partial charge < -0.3 is 9.47 Å². The minimum absolute atomic E-state index is 0.0214. The van der Waals surface area contributed by atoms with E-state index in [1.165, 1.54) is 7.11 Å². The fraction of sp³-hybridized carbons (Fsp3) is 0.900. The molecule has 100 valence electrons. The molecule has 0 radical (unpaired) electrons. The van der Waals surface area contributed by atoms with E-state index in [4.69, 9.17) is 4.74 Å². The van der Waals surface area contributed by atoms with Crippen molar-refractivity contribution in [3.05, 3.63) is 0 Å². The Hall–Kier alpha value is -0.270. The van der Waals surface area contributed by atoms with Crippen LogP contribution in [0.1, 0.15) is 32.1 Å². The molecule has 5 nitrogen and oxygen atoms in total. The Morgan fingerprint density at radius 2 is 2.18 bits per heavy atom. The second-order valence-electron chi connectivity index (χ2n) is 3.89. The highest BCUT2D eigenvalue weighted by Crippen LogP contribution is 2.33. The predicted octanol–water partition coefficient (Wildman–Crippen LogP) is 1.53. The first-order chi connectivity index (χ1) is 8.06. The van der Waals surface area contributed by atoms with Gasteiger partial charge in [0, 0.05) is 19.3 Å². The van der Waals surface area contributed by atoms with Gasteiger partial charge in [0.05, 0.1) is 5.25 Å². The quantitative estimate of drug-likeness (QED) is 0.305. The molecule has 0 bridgehead atoms. The van der Waals surface area contributed by atoms with Crippen molar-refractivity contribution in [2.45, 2.75) is 37.4 Å². The summed E-state index contributed by atoms with van der Waals surface area (Å²) in [6.45, 7) is -0.0214. The van der Waals surface area contributed by atoms with E-state index in [1.807, 2.05) is 0 Å². The second kappa shape index (κ2) is 7.23. The van der Waals surface area contributed by atoms with Crippen LogP contribution in [0.4, 0.5) is 0 Å². The van der Waals surface area contributed by atoms with Gasteiger partial charge in [0.15, 0.2) is 6.79 Å². The van der Waals surface area contributed by atoms with Crippen LogP contribution in [0.3, 0.4) is 0 Å². The number of carbonyl (C=O) groups excluding carboxylic acids is 1. The number of ether oxygens (including phenoxy) is 2. The lowest BCUT2D eigenvalue weighted by atomic mass is 10.1. The lowest BCUT2D eigenvalue weighted by Crippen LogP contribution is -2.12. The zero-order valence-corrected chi connectivity index (χ0v) is 11.5. The molecule has 17 heavy (non-hydrogen) atoms. The third kappa shape index (κ3) is 5.27. The summed E-state index contributed by atoms with van der Waals surface area (Å²) < 4.78 is 32.3. The molecular weight excluding hydrogens is 264 g/mol. The molecule has 1 rings (SSSR count). The maximum Gasteiger partial charge on any atom is 0.307 e. The van der Waals surface area contributed by atoms with E-state index in [-0.39, 0.29) is 18.0 Å². The van der Waals surface area contributed by atoms with Crippen LogP contribution in [0.2, 0.25) is 0 Å². The Kier molecular flexibility index (Phi) is 6.29. The standard InChI is InChI=1S/C10H18O5S2/c1-14-8-15-10(11)5-3-2-4-9-6-7-16-17(9,12)13/h9H,2-8H2,1H3. The molecule has 1 aliphatic heterocycles. The summed E-state index contributed by atoms with van der Waals surface area (Å²) in [5.74, 6) is 0.401. The molecule has 0 amide bonds. The smallest absolute Gasteiger partial charge is 0.307 e. The lowest BCUT2D eigenvalue weighted by molar-refractivity contribution is -0.154. The van der Waals surface area contributed by atoms with Gasteiger partial charge in [-0.1, -0.05) is 6.42 Å². The van der Waals surface area contributed by atoms with Crippen LogP contribution in [0, 0.1) is 0 Å². The van der Waals surface area contributed by atoms with E-state index in [0.717, 1.165) is 23.6 Å². The minimum Gasteiger partial charge on any atom is -0.438 e. The van der Waals surface area contributed by atoms with E-state index in [2.05, 4.69) is 4.74 Å². The molecule has 1 fully saturated rings. The van der Waals surface area contributed by atoms with Gasteiger partial charge in [-0.25, -0.2) is 8.42 Å². The van der Waals surface area contributed by atoms with E-state index in [0.29, 0.717) is 25.0 Å². The number of hydrogen-bond donors (Lipinski definition) is 0. The maximum atomic E-state index is 11.5. The highest BCUT2D eigenvalue weighted by molar-refractivity contribution is 8.72. The van der Waals surface area contributed by atoms with Crippen LogP contribution < -0.4 is 0 Å². The van der Waals surface area contributed by atoms with Crippen molar-refractivity contribution in [2.24, 2.45) is 0 Å². The number of methoxy groups -OCH3 is 1. The molecule has 1 aliphatic rings. The monoisotopic (exact) mass is 282 g/mol. The predicted molar refractivity (Wildman–Crippen MR) is 66.2 cm³/mol. The zero-order chi connectivity index (χ0) is 12.7. The first-order valence-electron chi connectivity index (χ1n) is 5.59. The van der Waals surface area contributed by atoms with Crippen LogP contribution in [0.15, 0.2) is 0 Å². The molecule has 0 spiro atoms. The average Bonchev–Trinajstić information content (AvgIpc) is 2.61. The van der Waals surface area contributed by atoms with Crippen LogP contribution in [0.25, 0.3) is 0 Å². The molecule has 0 aromatic rings. The van der Waals surface area contributed by atoms with Crippen molar-refractivity contribution in [2.75, 3.05) is 19.7 Å². The SMILES string of the molecule is COCOC(=O)CCCCC1CCSS1(=O)=O. The topological polar surface area (TPSA) is 69.7 Å². The molecule has 1 heterocycles. The van der Waals surface area contributed by atoms with Crippen LogP contribution in [0.5, 0.6) is 0 Å². The molecule has 0 aliphatic carbocycles. The second-order valence-corrected chi connectivity index (χ2v) is 8.29. The average molecular weight is 282 g/mol. The molecule has 1 saturated heterocycles. The highest BCUT2D eigenvalue weighted by Gasteiger charge is 2.31. The van der Waals surface area contributed by atoms with Gasteiger partial charge in [-0.2, -0.15) is 0 Å². The molecule has 1 unspecified atom stereocenters. The number of carbonyl (C=O) groups is 1. The van der Waals surface area contributed by atoms with Gasteiger partial charge in [0.2, 0.25) is 8.87 Å². The number of hydrogen-bond acceptors (Lipinski definition) is 6. The lowest BCUT2D eigenvalue weighted by Gasteiger charge is -2.07. The summed E-state index contributed by atoms with van der Waals surface area (Å²) in [7, 11) is -0.420. The fourth-order valence-electron chi connectivity index (χ4n) is 1.66. The Labute approximate surface area is 106 Å². The van der Waals surface area contributed by atoms with Crippen LogP contribution in [-0.4, -0.2) is 39.3 Å². The van der Waals surface area contributed by atoms with E-state index in [1.54, 1.807) is 0 Å². The molecule has 0 aromatic heterocycles. The van der Waals surface area contributed by atoms with Gasteiger partial charge in [-0.05, 0) is 30.1 Å². The highest BCUT2D eigenvalue weighted by atomic mass is 33.1. The van der Waals surface area contributed by atoms with Gasteiger partial charge in [0.1, 0.15) is 0 Å². The Morgan fingerprint density at radius 1 is 1.41 bits per heavy atom. The molecule has 0 saturated carbocycles. The minimum atomic E-state index is -2.92. The van der Waals surface area contributed by atoms with Crippen molar-refractivity contribution in [3.63, 3.8) is 0 Å². The number of rotatable bonds is 7. The van der Waals surface area contributed by atoms with Gasteiger partial charge in [0.25, 0.3) is 0 Å². The van der Waals surface area contributed by atoms with Crippen molar-refractivity contribution in [1.82, 2.24) is 0 Å². The van der Waals surface area contributed by atoms with Crippen LogP contribution >= 0.6 is 10.8 Å². The molecule has 1 atom stereocenters. The van der Waals surface area contributed by atoms with Crippen molar-refractivity contribution in [1.29, 1.82) is 0 Å². The first-order valence-corrected chi connectivity index (χ1v) is 8.64. The molecular formula is C10H18O5S2. The van der Waals surface area contributed by atoms with E-state index in [9.17, 15) is 13.2 Å². The van der Waals surface area contributed by atoms with Gasteiger partial charge in [-0.15, -0.1) is 0 Å². The summed E-state index contributed by atoms with van der Waals surface area (Å²) in [4.78, 5) is 11.1. The number of unbranched alkanes of at least 4 members (excludes halogenated alkanes) is 1. The molecule has 0 aromatic carbocycles. The Morgan fingerprint density at radius 3 is 2.76 bits per heavy atom. The van der Waals surface area contributed by atoms with Crippen molar-refractivity contribution < 1.29 is 22.7 Å². The summed E-state index contributed by atoms with van der Waals surface area (Å²) in [5, 5.41) is -0.220. The number of esters is 1. The maximum absolute atomic E-state index is 11.5. The van der Waals surface area contributed by atoms with E-state index >= 15 is 0 Å².